The van der Waals surface area contributed by atoms with Crippen molar-refractivity contribution in [1.82, 2.24) is 19.8 Å². The molecule has 1 unspecified atom stereocenters. The largest absolute Gasteiger partial charge is 0.496 e. The van der Waals surface area contributed by atoms with Gasteiger partial charge in [0.2, 0.25) is 0 Å². The molecule has 154 valence electrons. The molecule has 3 rings (SSSR count). The molecule has 0 amide bonds. The Morgan fingerprint density at radius 2 is 2.11 bits per heavy atom. The Morgan fingerprint density at radius 3 is 2.82 bits per heavy atom. The lowest BCUT2D eigenvalue weighted by Crippen LogP contribution is -2.49. The van der Waals surface area contributed by atoms with E-state index in [-0.39, 0.29) is 36.1 Å². The summed E-state index contributed by atoms with van der Waals surface area (Å²) in [5.41, 5.74) is 0.641. The first-order chi connectivity index (χ1) is 13.0. The summed E-state index contributed by atoms with van der Waals surface area (Å²) in [6, 6.07) is 6.79. The van der Waals surface area contributed by atoms with Crippen LogP contribution in [-0.4, -0.2) is 62.2 Å². The molecule has 2 heterocycles. The third-order valence-electron chi connectivity index (χ3n) is 4.36. The maximum absolute atomic E-state index is 13.3. The highest BCUT2D eigenvalue weighted by atomic mass is 35.5. The second-order valence-corrected chi connectivity index (χ2v) is 7.74. The minimum atomic E-state index is -4.02. The number of hydrogen-bond donors (Lipinski definition) is 2. The van der Waals surface area contributed by atoms with Gasteiger partial charge in [-0.05, 0) is 13.0 Å². The summed E-state index contributed by atoms with van der Waals surface area (Å²) in [5.74, 6) is -0.129. The Morgan fingerprint density at radius 1 is 1.36 bits per heavy atom. The molecule has 1 aromatic carbocycles. The van der Waals surface area contributed by atoms with Gasteiger partial charge in [0.05, 0.1) is 26.0 Å². The van der Waals surface area contributed by atoms with Gasteiger partial charge in [-0.3, -0.25) is 5.10 Å². The van der Waals surface area contributed by atoms with E-state index in [0.717, 1.165) is 5.56 Å². The predicted molar refractivity (Wildman–Crippen MR) is 104 cm³/mol. The molecule has 0 saturated carbocycles. The van der Waals surface area contributed by atoms with Crippen molar-refractivity contribution in [3.63, 3.8) is 0 Å². The molecule has 1 aromatic heterocycles. The van der Waals surface area contributed by atoms with E-state index in [2.05, 4.69) is 15.5 Å². The number of halogens is 1. The number of esters is 1. The standard InChI is InChI=1S/C17H22N4O5S.ClH/c1-3-26-17(22)13-10-19-20-16(13)27(23,24)21-9-8-18-11-14(21)12-6-4-5-7-15(12)25-2;/h4-7,10,14,18H,3,8-9,11H2,1-2H3,(H,19,20);1H. The summed E-state index contributed by atoms with van der Waals surface area (Å²) in [7, 11) is -2.47. The lowest BCUT2D eigenvalue weighted by molar-refractivity contribution is 0.0521. The monoisotopic (exact) mass is 430 g/mol. The minimum Gasteiger partial charge on any atom is -0.496 e. The highest BCUT2D eigenvalue weighted by molar-refractivity contribution is 7.89. The molecule has 1 atom stereocenters. The molecule has 2 aromatic rings. The first kappa shape index (κ1) is 22.2. The number of methoxy groups -OCH3 is 1. The zero-order valence-electron chi connectivity index (χ0n) is 15.5. The van der Waals surface area contributed by atoms with Crippen LogP contribution in [0.3, 0.4) is 0 Å². The number of aromatic nitrogens is 2. The van der Waals surface area contributed by atoms with Crippen molar-refractivity contribution in [3.05, 3.63) is 41.6 Å². The van der Waals surface area contributed by atoms with Crippen LogP contribution in [0.15, 0.2) is 35.5 Å². The Kier molecular flexibility index (Phi) is 7.41. The molecule has 0 spiro atoms. The van der Waals surface area contributed by atoms with E-state index in [1.807, 2.05) is 18.2 Å². The molecule has 28 heavy (non-hydrogen) atoms. The van der Waals surface area contributed by atoms with E-state index in [1.54, 1.807) is 20.1 Å². The lowest BCUT2D eigenvalue weighted by Gasteiger charge is -2.35. The molecular formula is C17H23ClN4O5S. The number of hydrogen-bond acceptors (Lipinski definition) is 7. The minimum absolute atomic E-state index is 0. The van der Waals surface area contributed by atoms with Gasteiger partial charge < -0.3 is 14.8 Å². The van der Waals surface area contributed by atoms with Crippen LogP contribution in [0.2, 0.25) is 0 Å². The number of para-hydroxylation sites is 1. The molecular weight excluding hydrogens is 408 g/mol. The van der Waals surface area contributed by atoms with Crippen LogP contribution >= 0.6 is 12.4 Å². The number of nitrogens with zero attached hydrogens (tertiary/aromatic N) is 2. The number of benzene rings is 1. The Balaban J connectivity index is 0.00000280. The first-order valence-corrected chi connectivity index (χ1v) is 10.0. The highest BCUT2D eigenvalue weighted by Gasteiger charge is 2.39. The number of H-pyrrole nitrogens is 1. The van der Waals surface area contributed by atoms with Gasteiger partial charge in [0.25, 0.3) is 10.0 Å². The number of rotatable bonds is 6. The van der Waals surface area contributed by atoms with Gasteiger partial charge in [0.15, 0.2) is 5.03 Å². The van der Waals surface area contributed by atoms with Crippen molar-refractivity contribution < 1.29 is 22.7 Å². The lowest BCUT2D eigenvalue weighted by atomic mass is 10.0. The van der Waals surface area contributed by atoms with Gasteiger partial charge in [-0.25, -0.2) is 13.2 Å². The number of carbonyl (C=O) groups is 1. The number of aromatic amines is 1. The highest BCUT2D eigenvalue weighted by Crippen LogP contribution is 2.34. The van der Waals surface area contributed by atoms with E-state index < -0.39 is 22.0 Å². The van der Waals surface area contributed by atoms with Crippen molar-refractivity contribution in [2.75, 3.05) is 33.4 Å². The smallest absolute Gasteiger partial charge is 0.342 e. The van der Waals surface area contributed by atoms with Gasteiger partial charge in [-0.15, -0.1) is 12.4 Å². The van der Waals surface area contributed by atoms with Crippen LogP contribution in [0.25, 0.3) is 0 Å². The van der Waals surface area contributed by atoms with Gasteiger partial charge in [0.1, 0.15) is 11.3 Å². The normalized spacial score (nSPS) is 17.6. The summed E-state index contributed by atoms with van der Waals surface area (Å²) in [5, 5.41) is 9.15. The zero-order chi connectivity index (χ0) is 19.4. The summed E-state index contributed by atoms with van der Waals surface area (Å²) in [6.07, 6.45) is 1.17. The zero-order valence-corrected chi connectivity index (χ0v) is 17.2. The first-order valence-electron chi connectivity index (χ1n) is 8.56. The SMILES string of the molecule is CCOC(=O)c1cn[nH]c1S(=O)(=O)N1CCNCC1c1ccccc1OC.Cl. The summed E-state index contributed by atoms with van der Waals surface area (Å²) < 4.78 is 38.4. The van der Waals surface area contributed by atoms with Crippen LogP contribution < -0.4 is 10.1 Å². The van der Waals surface area contributed by atoms with Crippen molar-refractivity contribution in [1.29, 1.82) is 0 Å². The predicted octanol–water partition coefficient (Wildman–Crippen LogP) is 1.35. The summed E-state index contributed by atoms with van der Waals surface area (Å²) in [6.45, 7) is 2.95. The molecule has 1 aliphatic heterocycles. The van der Waals surface area contributed by atoms with Crippen molar-refractivity contribution in [3.8, 4) is 5.75 Å². The molecule has 1 fully saturated rings. The Bertz CT molecular complexity index is 918. The van der Waals surface area contributed by atoms with Crippen molar-refractivity contribution in [2.45, 2.75) is 18.0 Å². The molecule has 9 nitrogen and oxygen atoms in total. The van der Waals surface area contributed by atoms with Gasteiger partial charge in [0, 0.05) is 25.2 Å². The third kappa shape index (κ3) is 4.14. The number of nitrogens with one attached hydrogen (secondary N) is 2. The van der Waals surface area contributed by atoms with E-state index in [0.29, 0.717) is 18.8 Å². The fraction of sp³-hybridized carbons (Fsp3) is 0.412. The average molecular weight is 431 g/mol. The molecule has 0 bridgehead atoms. The van der Waals surface area contributed by atoms with Crippen molar-refractivity contribution in [2.24, 2.45) is 0 Å². The van der Waals surface area contributed by atoms with Gasteiger partial charge in [-0.1, -0.05) is 18.2 Å². The molecule has 1 aliphatic rings. The number of ether oxygens (including phenoxy) is 2. The fourth-order valence-electron chi connectivity index (χ4n) is 3.12. The Hall–Kier alpha value is -2.14. The van der Waals surface area contributed by atoms with Crippen molar-refractivity contribution >= 4 is 28.4 Å². The maximum Gasteiger partial charge on any atom is 0.342 e. The Labute approximate surface area is 169 Å². The average Bonchev–Trinajstić information content (AvgIpc) is 3.19. The molecule has 0 aliphatic carbocycles. The number of carbonyl (C=O) groups excluding carboxylic acids is 1. The number of sulfonamides is 1. The van der Waals surface area contributed by atoms with E-state index in [1.165, 1.54) is 10.5 Å². The van der Waals surface area contributed by atoms with Crippen LogP contribution in [0.1, 0.15) is 28.9 Å². The topological polar surface area (TPSA) is 114 Å². The van der Waals surface area contributed by atoms with Gasteiger partial charge >= 0.3 is 5.97 Å². The van der Waals surface area contributed by atoms with E-state index >= 15 is 0 Å². The maximum atomic E-state index is 13.3. The molecule has 2 N–H and O–H groups in total. The quantitative estimate of drug-likeness (QED) is 0.665. The number of piperazine rings is 1. The second kappa shape index (κ2) is 9.37. The van der Waals surface area contributed by atoms with Crippen LogP contribution in [0, 0.1) is 0 Å². The molecule has 0 radical (unpaired) electrons. The fourth-order valence-corrected chi connectivity index (χ4v) is 4.79. The second-order valence-electron chi connectivity index (χ2n) is 5.91. The van der Waals surface area contributed by atoms with Crippen LogP contribution in [0.5, 0.6) is 5.75 Å². The third-order valence-corrected chi connectivity index (χ3v) is 6.24. The van der Waals surface area contributed by atoms with Crippen LogP contribution in [0.4, 0.5) is 0 Å². The van der Waals surface area contributed by atoms with Crippen LogP contribution in [-0.2, 0) is 14.8 Å². The van der Waals surface area contributed by atoms with E-state index in [4.69, 9.17) is 9.47 Å². The van der Waals surface area contributed by atoms with Gasteiger partial charge in [-0.2, -0.15) is 9.40 Å². The molecule has 11 heteroatoms. The summed E-state index contributed by atoms with van der Waals surface area (Å²) >= 11 is 0. The van der Waals surface area contributed by atoms with E-state index in [9.17, 15) is 13.2 Å². The molecule has 1 saturated heterocycles. The summed E-state index contributed by atoms with van der Waals surface area (Å²) in [4.78, 5) is 12.1.